The van der Waals surface area contributed by atoms with Gasteiger partial charge in [-0.2, -0.15) is 0 Å². The topological polar surface area (TPSA) is 82.5 Å². The van der Waals surface area contributed by atoms with Gasteiger partial charge in [0.2, 0.25) is 0 Å². The Bertz CT molecular complexity index is 1100. The van der Waals surface area contributed by atoms with E-state index >= 15 is 0 Å². The van der Waals surface area contributed by atoms with Crippen LogP contribution in [0.15, 0.2) is 60.8 Å². The zero-order valence-electron chi connectivity index (χ0n) is 17.0. The van der Waals surface area contributed by atoms with Gasteiger partial charge in [0, 0.05) is 24.8 Å². The van der Waals surface area contributed by atoms with Crippen molar-refractivity contribution in [1.29, 1.82) is 0 Å². The SMILES string of the molecule is C[C@H](NC(=O)c1cc(Cl)cnc1N(C)Cc1ccccc1Cl)c1ccc(C(=O)O)cc1. The molecule has 0 radical (unpaired) electrons. The van der Waals surface area contributed by atoms with E-state index in [1.807, 2.05) is 43.1 Å². The minimum absolute atomic E-state index is 0.185. The summed E-state index contributed by atoms with van der Waals surface area (Å²) < 4.78 is 0. The van der Waals surface area contributed by atoms with Gasteiger partial charge in [0.1, 0.15) is 5.82 Å². The lowest BCUT2D eigenvalue weighted by atomic mass is 10.1. The fourth-order valence-electron chi connectivity index (χ4n) is 3.13. The van der Waals surface area contributed by atoms with Crippen molar-refractivity contribution in [3.63, 3.8) is 0 Å². The number of aromatic carboxylic acids is 1. The third-order valence-corrected chi connectivity index (χ3v) is 5.39. The molecule has 6 nitrogen and oxygen atoms in total. The predicted octanol–water partition coefficient (Wildman–Crippen LogP) is 5.21. The van der Waals surface area contributed by atoms with Crippen molar-refractivity contribution in [1.82, 2.24) is 10.3 Å². The number of carboxylic acid groups (broad SMARTS) is 1. The Morgan fingerprint density at radius 2 is 1.81 bits per heavy atom. The number of rotatable bonds is 7. The van der Waals surface area contributed by atoms with Gasteiger partial charge in [-0.25, -0.2) is 9.78 Å². The van der Waals surface area contributed by atoms with E-state index in [1.54, 1.807) is 18.2 Å². The highest BCUT2D eigenvalue weighted by molar-refractivity contribution is 6.31. The molecule has 2 aromatic carbocycles. The number of benzene rings is 2. The van der Waals surface area contributed by atoms with Gasteiger partial charge in [-0.3, -0.25) is 4.79 Å². The maximum atomic E-state index is 13.0. The first-order chi connectivity index (χ1) is 14.8. The molecule has 0 aliphatic rings. The Kier molecular flexibility index (Phi) is 7.15. The summed E-state index contributed by atoms with van der Waals surface area (Å²) in [5, 5.41) is 12.9. The molecule has 0 spiro atoms. The lowest BCUT2D eigenvalue weighted by Crippen LogP contribution is -2.29. The second-order valence-electron chi connectivity index (χ2n) is 7.09. The van der Waals surface area contributed by atoms with Crippen molar-refractivity contribution < 1.29 is 14.7 Å². The smallest absolute Gasteiger partial charge is 0.335 e. The number of carboxylic acids is 1. The average molecular weight is 458 g/mol. The van der Waals surface area contributed by atoms with Crippen LogP contribution in [0.1, 0.15) is 44.8 Å². The molecule has 3 rings (SSSR count). The molecule has 2 N–H and O–H groups in total. The summed E-state index contributed by atoms with van der Waals surface area (Å²) in [5.74, 6) is -0.875. The van der Waals surface area contributed by atoms with Gasteiger partial charge in [-0.1, -0.05) is 53.5 Å². The Hall–Kier alpha value is -3.09. The van der Waals surface area contributed by atoms with Crippen LogP contribution in [0.5, 0.6) is 0 Å². The lowest BCUT2D eigenvalue weighted by molar-refractivity contribution is 0.0696. The van der Waals surface area contributed by atoms with Crippen LogP contribution in [0.2, 0.25) is 10.0 Å². The summed E-state index contributed by atoms with van der Waals surface area (Å²) in [7, 11) is 1.82. The van der Waals surface area contributed by atoms with Gasteiger partial charge in [0.25, 0.3) is 5.91 Å². The summed E-state index contributed by atoms with van der Waals surface area (Å²) in [6.45, 7) is 2.28. The largest absolute Gasteiger partial charge is 0.478 e. The van der Waals surface area contributed by atoms with E-state index < -0.39 is 5.97 Å². The third-order valence-electron chi connectivity index (χ3n) is 4.81. The lowest BCUT2D eigenvalue weighted by Gasteiger charge is -2.23. The molecule has 0 fully saturated rings. The summed E-state index contributed by atoms with van der Waals surface area (Å²) in [6, 6.07) is 15.1. The molecule has 1 atom stereocenters. The van der Waals surface area contributed by atoms with E-state index in [-0.39, 0.29) is 17.5 Å². The third kappa shape index (κ3) is 5.54. The standard InChI is InChI=1S/C23H21Cl2N3O3/c1-14(15-7-9-16(10-8-15)23(30)31)27-22(29)19-11-18(24)12-26-21(19)28(2)13-17-5-3-4-6-20(17)25/h3-12,14H,13H2,1-2H3,(H,27,29)(H,30,31)/t14-/m0/s1. The highest BCUT2D eigenvalue weighted by Gasteiger charge is 2.20. The number of pyridine rings is 1. The Labute approximate surface area is 190 Å². The summed E-state index contributed by atoms with van der Waals surface area (Å²) >= 11 is 12.4. The fraction of sp³-hybridized carbons (Fsp3) is 0.174. The molecule has 3 aromatic rings. The van der Waals surface area contributed by atoms with Crippen LogP contribution in [0, 0.1) is 0 Å². The minimum atomic E-state index is -1.00. The van der Waals surface area contributed by atoms with E-state index in [0.29, 0.717) is 28.0 Å². The Balaban J connectivity index is 1.81. The molecular formula is C23H21Cl2N3O3. The number of aromatic nitrogens is 1. The number of nitrogens with zero attached hydrogens (tertiary/aromatic N) is 2. The number of carbonyl (C=O) groups is 2. The maximum absolute atomic E-state index is 13.0. The van der Waals surface area contributed by atoms with E-state index in [9.17, 15) is 9.59 Å². The van der Waals surface area contributed by atoms with Crippen LogP contribution in [0.25, 0.3) is 0 Å². The second-order valence-corrected chi connectivity index (χ2v) is 7.94. The molecule has 1 amide bonds. The molecule has 0 saturated carbocycles. The van der Waals surface area contributed by atoms with Gasteiger partial charge < -0.3 is 15.3 Å². The highest BCUT2D eigenvalue weighted by Crippen LogP contribution is 2.25. The monoisotopic (exact) mass is 457 g/mol. The molecule has 1 aromatic heterocycles. The fourth-order valence-corrected chi connectivity index (χ4v) is 3.49. The van der Waals surface area contributed by atoms with Crippen molar-refractivity contribution in [2.24, 2.45) is 0 Å². The molecule has 1 heterocycles. The van der Waals surface area contributed by atoms with Gasteiger partial charge in [-0.15, -0.1) is 0 Å². The van der Waals surface area contributed by atoms with E-state index in [4.69, 9.17) is 28.3 Å². The van der Waals surface area contributed by atoms with Crippen molar-refractivity contribution in [2.45, 2.75) is 19.5 Å². The van der Waals surface area contributed by atoms with Gasteiger partial charge in [-0.05, 0) is 42.3 Å². The summed E-state index contributed by atoms with van der Waals surface area (Å²) in [6.07, 6.45) is 1.49. The van der Waals surface area contributed by atoms with Crippen LogP contribution in [0.3, 0.4) is 0 Å². The van der Waals surface area contributed by atoms with Crippen molar-refractivity contribution in [2.75, 3.05) is 11.9 Å². The average Bonchev–Trinajstić information content (AvgIpc) is 2.75. The first-order valence-electron chi connectivity index (χ1n) is 9.50. The number of hydrogen-bond acceptors (Lipinski definition) is 4. The van der Waals surface area contributed by atoms with Crippen LogP contribution in [-0.2, 0) is 6.54 Å². The van der Waals surface area contributed by atoms with Crippen LogP contribution in [-0.4, -0.2) is 29.0 Å². The van der Waals surface area contributed by atoms with E-state index in [2.05, 4.69) is 10.3 Å². The molecular weight excluding hydrogens is 437 g/mol. The number of carbonyl (C=O) groups excluding carboxylic acids is 1. The number of halogens is 2. The molecule has 0 saturated heterocycles. The zero-order chi connectivity index (χ0) is 22.5. The maximum Gasteiger partial charge on any atom is 0.335 e. The first kappa shape index (κ1) is 22.6. The normalized spacial score (nSPS) is 11.6. The van der Waals surface area contributed by atoms with E-state index in [1.165, 1.54) is 18.3 Å². The van der Waals surface area contributed by atoms with Crippen molar-refractivity contribution in [3.05, 3.63) is 93.1 Å². The van der Waals surface area contributed by atoms with Crippen LogP contribution in [0.4, 0.5) is 5.82 Å². The predicted molar refractivity (Wildman–Crippen MR) is 122 cm³/mol. The van der Waals surface area contributed by atoms with Gasteiger partial charge >= 0.3 is 5.97 Å². The van der Waals surface area contributed by atoms with Crippen molar-refractivity contribution in [3.8, 4) is 0 Å². The number of amides is 1. The molecule has 31 heavy (non-hydrogen) atoms. The summed E-state index contributed by atoms with van der Waals surface area (Å²) in [4.78, 5) is 30.3. The highest BCUT2D eigenvalue weighted by atomic mass is 35.5. The second kappa shape index (κ2) is 9.81. The molecule has 0 aliphatic carbocycles. The molecule has 8 heteroatoms. The van der Waals surface area contributed by atoms with Gasteiger partial charge in [0.15, 0.2) is 0 Å². The molecule has 160 valence electrons. The first-order valence-corrected chi connectivity index (χ1v) is 10.3. The Morgan fingerprint density at radius 1 is 1.13 bits per heavy atom. The number of anilines is 1. The van der Waals surface area contributed by atoms with Crippen LogP contribution < -0.4 is 10.2 Å². The summed E-state index contributed by atoms with van der Waals surface area (Å²) in [5.41, 5.74) is 2.20. The minimum Gasteiger partial charge on any atom is -0.478 e. The molecule has 0 bridgehead atoms. The number of hydrogen-bond donors (Lipinski definition) is 2. The van der Waals surface area contributed by atoms with Crippen LogP contribution >= 0.6 is 23.2 Å². The Morgan fingerprint density at radius 3 is 2.45 bits per heavy atom. The molecule has 0 unspecified atom stereocenters. The molecule has 0 aliphatic heterocycles. The zero-order valence-corrected chi connectivity index (χ0v) is 18.5. The van der Waals surface area contributed by atoms with Gasteiger partial charge in [0.05, 0.1) is 22.2 Å². The number of nitrogens with one attached hydrogen (secondary N) is 1. The quantitative estimate of drug-likeness (QED) is 0.508. The van der Waals surface area contributed by atoms with Crippen molar-refractivity contribution >= 4 is 40.9 Å². The van der Waals surface area contributed by atoms with E-state index in [0.717, 1.165) is 11.1 Å².